The molecular formula is C16H21NO2. The number of para-hydroxylation sites is 1. The van der Waals surface area contributed by atoms with Crippen LogP contribution in [0.3, 0.4) is 0 Å². The van der Waals surface area contributed by atoms with E-state index in [2.05, 4.69) is 0 Å². The molecule has 3 N–H and O–H groups in total. The third-order valence-corrected chi connectivity index (χ3v) is 4.68. The van der Waals surface area contributed by atoms with E-state index in [0.717, 1.165) is 48.0 Å². The van der Waals surface area contributed by atoms with Crippen molar-refractivity contribution in [1.82, 2.24) is 0 Å². The van der Waals surface area contributed by atoms with E-state index in [1.807, 2.05) is 31.2 Å². The minimum absolute atomic E-state index is 0.169. The van der Waals surface area contributed by atoms with Crippen LogP contribution >= 0.6 is 0 Å². The van der Waals surface area contributed by atoms with Gasteiger partial charge in [0.1, 0.15) is 11.3 Å². The molecule has 1 unspecified atom stereocenters. The monoisotopic (exact) mass is 259 g/mol. The molecule has 19 heavy (non-hydrogen) atoms. The Labute approximate surface area is 113 Å². The van der Waals surface area contributed by atoms with Crippen LogP contribution in [0.2, 0.25) is 0 Å². The first-order chi connectivity index (χ1) is 9.18. The summed E-state index contributed by atoms with van der Waals surface area (Å²) < 4.78 is 5.77. The molecule has 1 aromatic heterocycles. The predicted octanol–water partition coefficient (Wildman–Crippen LogP) is 3.29. The molecule has 0 amide bonds. The molecule has 0 bridgehead atoms. The second-order valence-electron chi connectivity index (χ2n) is 5.74. The number of benzene rings is 1. The van der Waals surface area contributed by atoms with E-state index in [-0.39, 0.29) is 5.41 Å². The van der Waals surface area contributed by atoms with Crippen LogP contribution in [0.25, 0.3) is 11.0 Å². The largest absolute Gasteiger partial charge is 0.461 e. The van der Waals surface area contributed by atoms with Crippen molar-refractivity contribution >= 4 is 11.0 Å². The van der Waals surface area contributed by atoms with E-state index in [9.17, 15) is 5.11 Å². The van der Waals surface area contributed by atoms with Crippen molar-refractivity contribution in [2.24, 2.45) is 11.1 Å². The Morgan fingerprint density at radius 2 is 2.00 bits per heavy atom. The van der Waals surface area contributed by atoms with E-state index in [4.69, 9.17) is 10.2 Å². The SMILES string of the molecule is Cc1oc2ccccc2c1C(O)C1(CN)CCCC1. The second-order valence-corrected chi connectivity index (χ2v) is 5.74. The standard InChI is InChI=1S/C16H21NO2/c1-11-14(12-6-2-3-7-13(12)19-11)15(18)16(10-17)8-4-5-9-16/h2-3,6-7,15,18H,4-5,8-10,17H2,1H3. The molecule has 0 aliphatic heterocycles. The molecule has 1 atom stereocenters. The highest BCUT2D eigenvalue weighted by molar-refractivity contribution is 5.82. The lowest BCUT2D eigenvalue weighted by molar-refractivity contribution is 0.0332. The summed E-state index contributed by atoms with van der Waals surface area (Å²) in [4.78, 5) is 0. The Kier molecular flexibility index (Phi) is 3.11. The smallest absolute Gasteiger partial charge is 0.134 e. The summed E-state index contributed by atoms with van der Waals surface area (Å²) in [7, 11) is 0. The van der Waals surface area contributed by atoms with E-state index < -0.39 is 6.10 Å². The van der Waals surface area contributed by atoms with E-state index >= 15 is 0 Å². The lowest BCUT2D eigenvalue weighted by atomic mass is 9.76. The van der Waals surface area contributed by atoms with Gasteiger partial charge in [-0.2, -0.15) is 0 Å². The number of furan rings is 1. The molecule has 1 heterocycles. The summed E-state index contributed by atoms with van der Waals surface area (Å²) in [6.45, 7) is 2.46. The van der Waals surface area contributed by atoms with Crippen LogP contribution in [0.4, 0.5) is 0 Å². The van der Waals surface area contributed by atoms with Gasteiger partial charge in [0.25, 0.3) is 0 Å². The van der Waals surface area contributed by atoms with Gasteiger partial charge in [-0.1, -0.05) is 31.0 Å². The van der Waals surface area contributed by atoms with Crippen LogP contribution in [-0.4, -0.2) is 11.7 Å². The van der Waals surface area contributed by atoms with Crippen LogP contribution in [0.5, 0.6) is 0 Å². The van der Waals surface area contributed by atoms with Crippen LogP contribution in [0.15, 0.2) is 28.7 Å². The minimum atomic E-state index is -0.524. The predicted molar refractivity (Wildman–Crippen MR) is 75.9 cm³/mol. The van der Waals surface area contributed by atoms with Gasteiger partial charge in [0.15, 0.2) is 0 Å². The van der Waals surface area contributed by atoms with Crippen molar-refractivity contribution < 1.29 is 9.52 Å². The fourth-order valence-corrected chi connectivity index (χ4v) is 3.50. The topological polar surface area (TPSA) is 59.4 Å². The highest BCUT2D eigenvalue weighted by atomic mass is 16.3. The third-order valence-electron chi connectivity index (χ3n) is 4.68. The maximum Gasteiger partial charge on any atom is 0.134 e. The Bertz CT molecular complexity index is 581. The zero-order valence-electron chi connectivity index (χ0n) is 11.4. The minimum Gasteiger partial charge on any atom is -0.461 e. The molecular weight excluding hydrogens is 238 g/mol. The fourth-order valence-electron chi connectivity index (χ4n) is 3.50. The van der Waals surface area contributed by atoms with Crippen LogP contribution < -0.4 is 5.73 Å². The highest BCUT2D eigenvalue weighted by Gasteiger charge is 2.42. The van der Waals surface area contributed by atoms with Gasteiger partial charge in [-0.05, 0) is 25.8 Å². The Morgan fingerprint density at radius 3 is 2.68 bits per heavy atom. The molecule has 102 valence electrons. The van der Waals surface area contributed by atoms with Gasteiger partial charge >= 0.3 is 0 Å². The number of aryl methyl sites for hydroxylation is 1. The lowest BCUT2D eigenvalue weighted by Crippen LogP contribution is -2.34. The van der Waals surface area contributed by atoms with Crippen molar-refractivity contribution in [3.63, 3.8) is 0 Å². The first kappa shape index (κ1) is 12.7. The summed E-state index contributed by atoms with van der Waals surface area (Å²) in [5, 5.41) is 11.9. The first-order valence-electron chi connectivity index (χ1n) is 7.04. The number of aliphatic hydroxyl groups excluding tert-OH is 1. The molecule has 1 saturated carbocycles. The summed E-state index contributed by atoms with van der Waals surface area (Å²) in [5.41, 5.74) is 7.59. The van der Waals surface area contributed by atoms with E-state index in [1.165, 1.54) is 0 Å². The van der Waals surface area contributed by atoms with Crippen LogP contribution in [-0.2, 0) is 0 Å². The molecule has 1 fully saturated rings. The lowest BCUT2D eigenvalue weighted by Gasteiger charge is -2.33. The first-order valence-corrected chi connectivity index (χ1v) is 7.04. The summed E-state index contributed by atoms with van der Waals surface area (Å²) >= 11 is 0. The van der Waals surface area contributed by atoms with Gasteiger partial charge in [0.2, 0.25) is 0 Å². The normalized spacial score (nSPS) is 19.9. The van der Waals surface area contributed by atoms with Gasteiger partial charge in [-0.25, -0.2) is 0 Å². The average Bonchev–Trinajstić information content (AvgIpc) is 3.02. The molecule has 0 radical (unpaired) electrons. The fraction of sp³-hybridized carbons (Fsp3) is 0.500. The van der Waals surface area contributed by atoms with Gasteiger partial charge in [0.05, 0.1) is 6.10 Å². The highest BCUT2D eigenvalue weighted by Crippen LogP contribution is 2.49. The van der Waals surface area contributed by atoms with Gasteiger partial charge in [-0.15, -0.1) is 0 Å². The number of rotatable bonds is 3. The van der Waals surface area contributed by atoms with Crippen molar-refractivity contribution in [2.75, 3.05) is 6.54 Å². The molecule has 3 nitrogen and oxygen atoms in total. The molecule has 0 saturated heterocycles. The number of fused-ring (bicyclic) bond motifs is 1. The Hall–Kier alpha value is -1.32. The third kappa shape index (κ3) is 1.88. The molecule has 2 aromatic rings. The van der Waals surface area contributed by atoms with Crippen molar-refractivity contribution in [3.8, 4) is 0 Å². The van der Waals surface area contributed by atoms with Crippen LogP contribution in [0.1, 0.15) is 43.1 Å². The van der Waals surface area contributed by atoms with E-state index in [1.54, 1.807) is 0 Å². The zero-order chi connectivity index (χ0) is 13.5. The number of hydrogen-bond donors (Lipinski definition) is 2. The molecule has 3 heteroatoms. The van der Waals surface area contributed by atoms with E-state index in [0.29, 0.717) is 6.54 Å². The van der Waals surface area contributed by atoms with Gasteiger partial charge in [0, 0.05) is 22.9 Å². The van der Waals surface area contributed by atoms with Gasteiger partial charge < -0.3 is 15.3 Å². The summed E-state index contributed by atoms with van der Waals surface area (Å²) in [5.74, 6) is 0.813. The van der Waals surface area contributed by atoms with Gasteiger partial charge in [-0.3, -0.25) is 0 Å². The molecule has 0 spiro atoms. The second kappa shape index (κ2) is 4.66. The number of aliphatic hydroxyl groups is 1. The van der Waals surface area contributed by atoms with Crippen molar-refractivity contribution in [3.05, 3.63) is 35.6 Å². The quantitative estimate of drug-likeness (QED) is 0.889. The molecule has 1 aliphatic rings. The Balaban J connectivity index is 2.10. The zero-order valence-corrected chi connectivity index (χ0v) is 11.4. The van der Waals surface area contributed by atoms with Crippen LogP contribution in [0, 0.1) is 12.3 Å². The average molecular weight is 259 g/mol. The summed E-state index contributed by atoms with van der Waals surface area (Å²) in [6.07, 6.45) is 3.79. The Morgan fingerprint density at radius 1 is 1.32 bits per heavy atom. The molecule has 3 rings (SSSR count). The molecule has 1 aliphatic carbocycles. The number of nitrogens with two attached hydrogens (primary N) is 1. The maximum absolute atomic E-state index is 10.9. The van der Waals surface area contributed by atoms with Crippen molar-refractivity contribution in [1.29, 1.82) is 0 Å². The number of hydrogen-bond acceptors (Lipinski definition) is 3. The summed E-state index contributed by atoms with van der Waals surface area (Å²) in [6, 6.07) is 7.90. The van der Waals surface area contributed by atoms with Crippen molar-refractivity contribution in [2.45, 2.75) is 38.7 Å². The molecule has 1 aromatic carbocycles. The maximum atomic E-state index is 10.9.